The molecule has 0 spiro atoms. The maximum Gasteiger partial charge on any atom is 1.00 e. The van der Waals surface area contributed by atoms with Crippen molar-refractivity contribution in [3.8, 4) is 0 Å². The van der Waals surface area contributed by atoms with Crippen molar-refractivity contribution in [3.05, 3.63) is 110 Å². The van der Waals surface area contributed by atoms with Gasteiger partial charge >= 0.3 is 18.9 Å². The maximum atomic E-state index is 11.5. The average Bonchev–Trinajstić information content (AvgIpc) is 4.24. The molecule has 0 aliphatic carbocycles. The molecule has 0 aromatic heterocycles. The number of para-hydroxylation sites is 3. The Kier molecular flexibility index (Phi) is 37.8. The van der Waals surface area contributed by atoms with Crippen molar-refractivity contribution in [1.82, 2.24) is 5.32 Å². The molecule has 0 saturated carbocycles. The Morgan fingerprint density at radius 2 is 1.03 bits per heavy atom. The summed E-state index contributed by atoms with van der Waals surface area (Å²) in [4.78, 5) is 6.93. The van der Waals surface area contributed by atoms with Crippen LogP contribution in [0.4, 0.5) is 17.1 Å². The summed E-state index contributed by atoms with van der Waals surface area (Å²) in [5.74, 6) is 0. The Balaban J connectivity index is 0.000000441. The molecule has 13 nitrogen and oxygen atoms in total. The van der Waals surface area contributed by atoms with Crippen LogP contribution in [0.15, 0.2) is 120 Å². The van der Waals surface area contributed by atoms with Gasteiger partial charge in [0.1, 0.15) is 4.90 Å². The number of nitrogens with one attached hydrogen (secondary N) is 1. The molecular formula is C50H71Br3Cl3LiN4O9S2. The molecule has 5 unspecified atom stereocenters. The molecule has 5 aliphatic heterocycles. The van der Waals surface area contributed by atoms with Crippen molar-refractivity contribution in [1.29, 1.82) is 0 Å². The molecule has 1 N–H and O–H groups in total. The zero-order valence-corrected chi connectivity index (χ0v) is 49.8. The van der Waals surface area contributed by atoms with Crippen LogP contribution in [0.1, 0.15) is 46.0 Å². The van der Waals surface area contributed by atoms with E-state index in [0.717, 1.165) is 97.4 Å². The number of alkyl halides is 2. The van der Waals surface area contributed by atoms with Crippen LogP contribution in [0.25, 0.3) is 0 Å². The molecule has 72 heavy (non-hydrogen) atoms. The van der Waals surface area contributed by atoms with Gasteiger partial charge in [0.2, 0.25) is 0 Å². The first-order valence-electron chi connectivity index (χ1n) is 22.8. The SMILES string of the molecule is Brc1ccccc1Br.C.C1CCOC1.COC1CCN(c2ccccc2Br)C1.COC1CCN(c2ccccc2S(=O)(=O)Cl)C1.COC1CCN(c2ccccc2S(=O)[O-])C1.COC1CCNC1.ClCCl.[Li+]. The van der Waals surface area contributed by atoms with Crippen LogP contribution in [0, 0.1) is 0 Å². The van der Waals surface area contributed by atoms with Crippen LogP contribution >= 0.6 is 81.7 Å². The van der Waals surface area contributed by atoms with E-state index >= 15 is 0 Å². The molecule has 5 atom stereocenters. The van der Waals surface area contributed by atoms with Crippen molar-refractivity contribution in [2.45, 2.75) is 80.2 Å². The average molecular weight is 1290 g/mol. The number of rotatable bonds is 9. The molecule has 400 valence electrons. The van der Waals surface area contributed by atoms with Gasteiger partial charge in [-0.1, -0.05) is 56.0 Å². The van der Waals surface area contributed by atoms with Crippen molar-refractivity contribution in [3.63, 3.8) is 0 Å². The fourth-order valence-corrected chi connectivity index (χ4v) is 10.4. The molecule has 5 heterocycles. The van der Waals surface area contributed by atoms with Crippen LogP contribution in [-0.4, -0.2) is 141 Å². The van der Waals surface area contributed by atoms with Gasteiger partial charge in [0.15, 0.2) is 0 Å². The fourth-order valence-electron chi connectivity index (χ4n) is 7.69. The van der Waals surface area contributed by atoms with E-state index in [4.69, 9.17) is 57.6 Å². The molecule has 5 saturated heterocycles. The minimum absolute atomic E-state index is 0. The Morgan fingerprint density at radius 1 is 0.639 bits per heavy atom. The topological polar surface area (TPSA) is 142 Å². The Morgan fingerprint density at radius 3 is 1.38 bits per heavy atom. The van der Waals surface area contributed by atoms with E-state index < -0.39 is 20.1 Å². The standard InChI is InChI=1S/C11H14BrNO.C11H14ClNO3S.C11H15NO3S.C6H4Br2.C5H11NO.C4H8O.CH2Cl2.CH4.Li/c1-14-9-6-7-13(8-9)11-5-3-2-4-10(11)12;1-16-9-6-7-13(8-9)10-4-2-3-5-11(10)17(12,14)15;1-15-9-6-7-12(8-9)10-4-2-3-5-11(10)16(13)14;7-5-3-1-2-4-6(5)8;1-7-5-2-3-6-4-5;1-2-4-5-3-1;2-1-3;;/h2-5,9H,6-8H2,1H3;2-5,9H,6-8H2,1H3;2-5,9H,6-8H2,1H3,(H,13,14);1-4H;5-6H,2-4H2,1H3;1-4H2;1H2;1H4;/q;;;;;;;;+1/p-1. The predicted octanol–water partition coefficient (Wildman–Crippen LogP) is 8.73. The third-order valence-corrected chi connectivity index (χ3v) is 16.1. The third kappa shape index (κ3) is 25.4. The largest absolute Gasteiger partial charge is 1.00 e. The minimum Gasteiger partial charge on any atom is -0.768 e. The fraction of sp³-hybridized carbons (Fsp3) is 0.520. The van der Waals surface area contributed by atoms with E-state index in [1.807, 2.05) is 47.4 Å². The van der Waals surface area contributed by atoms with Gasteiger partial charge in [-0.05, 0) is 152 Å². The van der Waals surface area contributed by atoms with Crippen LogP contribution in [0.2, 0.25) is 0 Å². The number of hydrogen-bond acceptors (Lipinski definition) is 13. The molecule has 4 aromatic carbocycles. The summed E-state index contributed by atoms with van der Waals surface area (Å²) < 4.78 is 74.3. The molecule has 0 radical (unpaired) electrons. The van der Waals surface area contributed by atoms with Crippen LogP contribution < -0.4 is 38.9 Å². The molecule has 5 aliphatic rings. The number of hydrogen-bond donors (Lipinski definition) is 1. The van der Waals surface area contributed by atoms with Gasteiger partial charge < -0.3 is 48.3 Å². The second-order valence-electron chi connectivity index (χ2n) is 16.0. The second-order valence-corrected chi connectivity index (χ2v) is 22.8. The molecule has 0 bridgehead atoms. The number of anilines is 3. The van der Waals surface area contributed by atoms with Crippen LogP contribution in [-0.2, 0) is 43.8 Å². The molecule has 22 heteroatoms. The molecular weight excluding hydrogens is 1220 g/mol. The Labute approximate surface area is 484 Å². The van der Waals surface area contributed by atoms with Crippen molar-refractivity contribution < 1.29 is 59.7 Å². The summed E-state index contributed by atoms with van der Waals surface area (Å²) in [6.07, 6.45) is 7.93. The second kappa shape index (κ2) is 39.4. The number of halogens is 6. The summed E-state index contributed by atoms with van der Waals surface area (Å²) >= 11 is 17.6. The van der Waals surface area contributed by atoms with Gasteiger partial charge in [-0.25, -0.2) is 8.42 Å². The van der Waals surface area contributed by atoms with Gasteiger partial charge in [0.05, 0.1) is 46.8 Å². The summed E-state index contributed by atoms with van der Waals surface area (Å²) in [5, 5.41) is 3.39. The van der Waals surface area contributed by atoms with Crippen molar-refractivity contribution in [2.75, 3.05) is 114 Å². The van der Waals surface area contributed by atoms with Crippen LogP contribution in [0.5, 0.6) is 0 Å². The number of benzene rings is 4. The molecule has 4 aromatic rings. The monoisotopic (exact) mass is 1280 g/mol. The predicted molar refractivity (Wildman–Crippen MR) is 304 cm³/mol. The third-order valence-electron chi connectivity index (χ3n) is 11.5. The van der Waals surface area contributed by atoms with Gasteiger partial charge in [-0.2, -0.15) is 0 Å². The number of methoxy groups -OCH3 is 4. The zero-order chi connectivity index (χ0) is 51.3. The van der Waals surface area contributed by atoms with Gasteiger partial charge in [-0.15, -0.1) is 23.2 Å². The summed E-state index contributed by atoms with van der Waals surface area (Å²) in [5.41, 5.74) is 2.70. The first-order valence-corrected chi connectivity index (χ1v) is 29.7. The van der Waals surface area contributed by atoms with Crippen molar-refractivity contribution >= 4 is 119 Å². The first kappa shape index (κ1) is 69.0. The van der Waals surface area contributed by atoms with E-state index in [1.165, 1.54) is 31.0 Å². The molecule has 0 amide bonds. The Hall–Kier alpha value is -0.993. The van der Waals surface area contributed by atoms with Gasteiger partial charge in [-0.3, -0.25) is 4.21 Å². The van der Waals surface area contributed by atoms with Gasteiger partial charge in [0, 0.05) is 116 Å². The summed E-state index contributed by atoms with van der Waals surface area (Å²) in [7, 11) is 8.62. The first-order chi connectivity index (χ1) is 33.7. The summed E-state index contributed by atoms with van der Waals surface area (Å²) in [6.45, 7) is 9.31. The van der Waals surface area contributed by atoms with E-state index in [2.05, 4.69) is 81.1 Å². The van der Waals surface area contributed by atoms with E-state index in [0.29, 0.717) is 29.3 Å². The number of nitrogens with zero attached hydrogens (tertiary/aromatic N) is 3. The summed E-state index contributed by atoms with van der Waals surface area (Å²) in [6, 6.07) is 30.1. The zero-order valence-electron chi connectivity index (χ0n) is 41.2. The normalized spacial score (nSPS) is 20.1. The molecule has 9 rings (SSSR count). The smallest absolute Gasteiger partial charge is 0.768 e. The minimum atomic E-state index is -3.71. The molecule has 5 fully saturated rings. The van der Waals surface area contributed by atoms with E-state index in [1.54, 1.807) is 58.8 Å². The number of ether oxygens (including phenoxy) is 5. The van der Waals surface area contributed by atoms with Gasteiger partial charge in [0.25, 0.3) is 9.05 Å². The maximum absolute atomic E-state index is 11.5. The van der Waals surface area contributed by atoms with Crippen molar-refractivity contribution in [2.24, 2.45) is 0 Å². The Bertz CT molecular complexity index is 2180. The van der Waals surface area contributed by atoms with E-state index in [9.17, 15) is 17.2 Å². The van der Waals surface area contributed by atoms with E-state index in [-0.39, 0.29) is 48.7 Å². The van der Waals surface area contributed by atoms with Crippen LogP contribution in [0.3, 0.4) is 0 Å². The quantitative estimate of drug-likeness (QED) is 0.0740.